The molecule has 0 radical (unpaired) electrons. The zero-order valence-electron chi connectivity index (χ0n) is 10.7. The lowest BCUT2D eigenvalue weighted by atomic mass is 10.2. The van der Waals surface area contributed by atoms with Crippen molar-refractivity contribution in [3.05, 3.63) is 23.8 Å². The molecular formula is C12H20O3Si. The van der Waals surface area contributed by atoms with E-state index in [-0.39, 0.29) is 0 Å². The smallest absolute Gasteiger partial charge is 0.184 e. The summed E-state index contributed by atoms with van der Waals surface area (Å²) >= 11 is 0. The molecule has 1 rings (SSSR count). The van der Waals surface area contributed by atoms with Gasteiger partial charge in [-0.25, -0.2) is 0 Å². The molecule has 0 heterocycles. The molecule has 90 valence electrons. The maximum atomic E-state index is 5.84. The van der Waals surface area contributed by atoms with Crippen molar-refractivity contribution in [2.75, 3.05) is 14.2 Å². The van der Waals surface area contributed by atoms with Crippen molar-refractivity contribution in [2.45, 2.75) is 26.2 Å². The van der Waals surface area contributed by atoms with Gasteiger partial charge in [-0.3, -0.25) is 0 Å². The second kappa shape index (κ2) is 5.36. The fourth-order valence-electron chi connectivity index (χ4n) is 1.25. The molecule has 0 unspecified atom stereocenters. The van der Waals surface area contributed by atoms with Crippen molar-refractivity contribution in [3.8, 4) is 11.5 Å². The van der Waals surface area contributed by atoms with Crippen molar-refractivity contribution in [2.24, 2.45) is 0 Å². The molecule has 0 saturated carbocycles. The molecule has 0 fully saturated rings. The largest absolute Gasteiger partial charge is 0.497 e. The van der Waals surface area contributed by atoms with Crippen molar-refractivity contribution in [3.63, 3.8) is 0 Å². The predicted octanol–water partition coefficient (Wildman–Crippen LogP) is 3.06. The number of rotatable bonds is 5. The van der Waals surface area contributed by atoms with Gasteiger partial charge in [0, 0.05) is 6.07 Å². The van der Waals surface area contributed by atoms with Crippen LogP contribution in [0.15, 0.2) is 18.2 Å². The molecule has 0 atom stereocenters. The van der Waals surface area contributed by atoms with Gasteiger partial charge in [0.2, 0.25) is 0 Å². The molecule has 1 aromatic rings. The van der Waals surface area contributed by atoms with Crippen LogP contribution in [0.25, 0.3) is 0 Å². The molecule has 16 heavy (non-hydrogen) atoms. The zero-order valence-corrected chi connectivity index (χ0v) is 11.7. The van der Waals surface area contributed by atoms with Crippen molar-refractivity contribution in [1.82, 2.24) is 0 Å². The third-order valence-electron chi connectivity index (χ3n) is 2.08. The molecule has 4 heteroatoms. The van der Waals surface area contributed by atoms with Crippen LogP contribution in [-0.4, -0.2) is 22.5 Å². The molecule has 0 spiro atoms. The van der Waals surface area contributed by atoms with Crippen LogP contribution in [0, 0.1) is 0 Å². The Morgan fingerprint density at radius 3 is 1.81 bits per heavy atom. The first-order valence-electron chi connectivity index (χ1n) is 5.30. The Kier molecular flexibility index (Phi) is 4.38. The third-order valence-corrected chi connectivity index (χ3v) is 3.09. The Hall–Kier alpha value is -1.00. The molecule has 3 nitrogen and oxygen atoms in total. The molecule has 0 aliphatic rings. The normalized spacial score (nSPS) is 11.3. The van der Waals surface area contributed by atoms with Gasteiger partial charge in [-0.05, 0) is 37.3 Å². The Morgan fingerprint density at radius 1 is 0.938 bits per heavy atom. The van der Waals surface area contributed by atoms with E-state index in [4.69, 9.17) is 13.9 Å². The fourth-order valence-corrected chi connectivity index (χ4v) is 1.85. The van der Waals surface area contributed by atoms with Crippen LogP contribution in [0.1, 0.15) is 5.56 Å². The molecule has 0 N–H and O–H groups in total. The molecule has 0 aliphatic carbocycles. The molecule has 0 saturated heterocycles. The number of hydrogen-bond donors (Lipinski definition) is 0. The average molecular weight is 240 g/mol. The van der Waals surface area contributed by atoms with Crippen LogP contribution in [0.5, 0.6) is 11.5 Å². The van der Waals surface area contributed by atoms with Crippen molar-refractivity contribution >= 4 is 8.32 Å². The van der Waals surface area contributed by atoms with E-state index in [9.17, 15) is 0 Å². The summed E-state index contributed by atoms with van der Waals surface area (Å²) in [5.74, 6) is 1.60. The standard InChI is InChI=1S/C12H20O3Si/c1-13-11-6-10(7-12(8-11)14-2)9-15-16(3,4)5/h6-8H,9H2,1-5H3. The SMILES string of the molecule is COc1cc(CO[Si](C)(C)C)cc(OC)c1. The Labute approximate surface area is 98.5 Å². The molecule has 0 aromatic heterocycles. The van der Waals surface area contributed by atoms with Crippen LogP contribution in [0.2, 0.25) is 19.6 Å². The minimum atomic E-state index is -1.48. The van der Waals surface area contributed by atoms with E-state index < -0.39 is 8.32 Å². The van der Waals surface area contributed by atoms with Crippen LogP contribution < -0.4 is 9.47 Å². The van der Waals surface area contributed by atoms with Gasteiger partial charge in [0.1, 0.15) is 11.5 Å². The first kappa shape index (κ1) is 13.1. The van der Waals surface area contributed by atoms with Gasteiger partial charge in [-0.2, -0.15) is 0 Å². The Balaban J connectivity index is 2.79. The summed E-state index contributed by atoms with van der Waals surface area (Å²) in [5.41, 5.74) is 1.08. The van der Waals surface area contributed by atoms with Gasteiger partial charge in [-0.1, -0.05) is 0 Å². The van der Waals surface area contributed by atoms with Gasteiger partial charge in [-0.15, -0.1) is 0 Å². The van der Waals surface area contributed by atoms with E-state index in [0.717, 1.165) is 17.1 Å². The maximum Gasteiger partial charge on any atom is 0.184 e. The van der Waals surface area contributed by atoms with Crippen LogP contribution in [0.3, 0.4) is 0 Å². The number of benzene rings is 1. The lowest BCUT2D eigenvalue weighted by molar-refractivity contribution is 0.297. The first-order valence-corrected chi connectivity index (χ1v) is 8.71. The van der Waals surface area contributed by atoms with E-state index in [0.29, 0.717) is 6.61 Å². The summed E-state index contributed by atoms with van der Waals surface area (Å²) in [5, 5.41) is 0. The molecule has 0 aliphatic heterocycles. The van der Waals surface area contributed by atoms with E-state index in [1.165, 1.54) is 0 Å². The Morgan fingerprint density at radius 2 is 1.44 bits per heavy atom. The summed E-state index contributed by atoms with van der Waals surface area (Å²) in [6.45, 7) is 7.13. The van der Waals surface area contributed by atoms with Gasteiger partial charge in [0.15, 0.2) is 8.32 Å². The van der Waals surface area contributed by atoms with E-state index in [1.807, 2.05) is 18.2 Å². The summed E-state index contributed by atoms with van der Waals surface area (Å²) in [6, 6.07) is 5.81. The second-order valence-electron chi connectivity index (χ2n) is 4.62. The average Bonchev–Trinajstić information content (AvgIpc) is 2.25. The number of hydrogen-bond acceptors (Lipinski definition) is 3. The summed E-state index contributed by atoms with van der Waals surface area (Å²) in [4.78, 5) is 0. The highest BCUT2D eigenvalue weighted by molar-refractivity contribution is 6.69. The van der Waals surface area contributed by atoms with Crippen LogP contribution in [-0.2, 0) is 11.0 Å². The highest BCUT2D eigenvalue weighted by Gasteiger charge is 2.14. The second-order valence-corrected chi connectivity index (χ2v) is 9.14. The lowest BCUT2D eigenvalue weighted by Crippen LogP contribution is -2.24. The van der Waals surface area contributed by atoms with Crippen molar-refractivity contribution in [1.29, 1.82) is 0 Å². The van der Waals surface area contributed by atoms with E-state index >= 15 is 0 Å². The highest BCUT2D eigenvalue weighted by Crippen LogP contribution is 2.23. The molecule has 0 bridgehead atoms. The third kappa shape index (κ3) is 4.24. The number of ether oxygens (including phenoxy) is 2. The van der Waals surface area contributed by atoms with Crippen molar-refractivity contribution < 1.29 is 13.9 Å². The summed E-state index contributed by atoms with van der Waals surface area (Å²) in [7, 11) is 1.82. The zero-order chi connectivity index (χ0) is 12.2. The minimum Gasteiger partial charge on any atom is -0.497 e. The quantitative estimate of drug-likeness (QED) is 0.740. The Bertz CT molecular complexity index is 322. The van der Waals surface area contributed by atoms with Gasteiger partial charge < -0.3 is 13.9 Å². The first-order chi connectivity index (χ1) is 7.44. The van der Waals surface area contributed by atoms with Gasteiger partial charge >= 0.3 is 0 Å². The van der Waals surface area contributed by atoms with E-state index in [1.54, 1.807) is 14.2 Å². The predicted molar refractivity (Wildman–Crippen MR) is 67.7 cm³/mol. The lowest BCUT2D eigenvalue weighted by Gasteiger charge is -2.17. The van der Waals surface area contributed by atoms with Gasteiger partial charge in [0.05, 0.1) is 20.8 Å². The number of methoxy groups -OCH3 is 2. The molecule has 0 amide bonds. The highest BCUT2D eigenvalue weighted by atomic mass is 28.4. The van der Waals surface area contributed by atoms with E-state index in [2.05, 4.69) is 19.6 Å². The topological polar surface area (TPSA) is 27.7 Å². The van der Waals surface area contributed by atoms with Crippen LogP contribution >= 0.6 is 0 Å². The molecular weight excluding hydrogens is 220 g/mol. The monoisotopic (exact) mass is 240 g/mol. The molecule has 1 aromatic carbocycles. The van der Waals surface area contributed by atoms with Crippen LogP contribution in [0.4, 0.5) is 0 Å². The minimum absolute atomic E-state index is 0.614. The maximum absolute atomic E-state index is 5.84. The summed E-state index contributed by atoms with van der Waals surface area (Å²) < 4.78 is 16.3. The summed E-state index contributed by atoms with van der Waals surface area (Å²) in [6.07, 6.45) is 0. The fraction of sp³-hybridized carbons (Fsp3) is 0.500. The van der Waals surface area contributed by atoms with Gasteiger partial charge in [0.25, 0.3) is 0 Å².